The van der Waals surface area contributed by atoms with Crippen LogP contribution in [0.5, 0.6) is 11.5 Å². The van der Waals surface area contributed by atoms with E-state index >= 15 is 0 Å². The molecule has 0 heterocycles. The lowest BCUT2D eigenvalue weighted by Gasteiger charge is -2.15. The number of guanidine groups is 1. The minimum absolute atomic E-state index is 0.0428. The van der Waals surface area contributed by atoms with Gasteiger partial charge in [-0.15, -0.1) is 0 Å². The monoisotopic (exact) mass is 349 g/mol. The molecule has 136 valence electrons. The summed E-state index contributed by atoms with van der Waals surface area (Å²) in [4.78, 5) is 4.05. The number of halogens is 3. The van der Waals surface area contributed by atoms with Crippen LogP contribution < -0.4 is 20.1 Å². The van der Waals surface area contributed by atoms with Gasteiger partial charge in [0.2, 0.25) is 0 Å². The highest BCUT2D eigenvalue weighted by Gasteiger charge is 2.29. The quantitative estimate of drug-likeness (QED) is 0.427. The third-order valence-corrected chi connectivity index (χ3v) is 2.90. The molecule has 2 N–H and O–H groups in total. The first-order chi connectivity index (χ1) is 11.4. The van der Waals surface area contributed by atoms with Gasteiger partial charge in [0.1, 0.15) is 0 Å². The van der Waals surface area contributed by atoms with Gasteiger partial charge < -0.3 is 24.8 Å². The summed E-state index contributed by atoms with van der Waals surface area (Å²) < 4.78 is 51.4. The molecule has 0 spiro atoms. The molecule has 0 aliphatic rings. The number of methoxy groups -OCH3 is 2. The van der Waals surface area contributed by atoms with Gasteiger partial charge in [-0.1, -0.05) is 6.07 Å². The Kier molecular flexibility index (Phi) is 8.17. The summed E-state index contributed by atoms with van der Waals surface area (Å²) in [5.74, 6) is 0.866. The molecule has 0 atom stereocenters. The van der Waals surface area contributed by atoms with E-state index in [0.29, 0.717) is 25.7 Å². The van der Waals surface area contributed by atoms with E-state index < -0.39 is 12.8 Å². The molecule has 0 aromatic heterocycles. The second kappa shape index (κ2) is 9.86. The lowest BCUT2D eigenvalue weighted by Crippen LogP contribution is -2.38. The number of nitrogens with one attached hydrogen (secondary N) is 2. The number of benzene rings is 1. The minimum Gasteiger partial charge on any atom is -0.493 e. The average molecular weight is 349 g/mol. The molecular formula is C15H22F3N3O3. The molecule has 0 radical (unpaired) electrons. The summed E-state index contributed by atoms with van der Waals surface area (Å²) in [5.41, 5.74) is 0.806. The normalized spacial score (nSPS) is 12.0. The Bertz CT molecular complexity index is 536. The highest BCUT2D eigenvalue weighted by atomic mass is 19.4. The average Bonchev–Trinajstić information content (AvgIpc) is 2.55. The van der Waals surface area contributed by atoms with Gasteiger partial charge in [0.05, 0.1) is 13.7 Å². The number of hydrogen-bond acceptors (Lipinski definition) is 4. The van der Waals surface area contributed by atoms with Gasteiger partial charge in [0.25, 0.3) is 0 Å². The van der Waals surface area contributed by atoms with Crippen molar-refractivity contribution in [3.8, 4) is 11.5 Å². The van der Waals surface area contributed by atoms with Crippen molar-refractivity contribution < 1.29 is 27.4 Å². The second-order valence-corrected chi connectivity index (χ2v) is 4.73. The molecule has 0 saturated carbocycles. The minimum atomic E-state index is -4.40. The van der Waals surface area contributed by atoms with E-state index in [1.807, 2.05) is 0 Å². The van der Waals surface area contributed by atoms with Crippen LogP contribution in [-0.2, 0) is 11.3 Å². The van der Waals surface area contributed by atoms with E-state index in [-0.39, 0.29) is 11.5 Å². The zero-order chi connectivity index (χ0) is 18.0. The fourth-order valence-corrected chi connectivity index (χ4v) is 1.78. The first kappa shape index (κ1) is 19.9. The molecule has 1 aromatic rings. The molecule has 9 heteroatoms. The SMILES string of the molecule is CN=C(NCCOC)NCc1ccc(OCC(F)(F)F)c(OC)c1. The lowest BCUT2D eigenvalue weighted by molar-refractivity contribution is -0.153. The Labute approximate surface area is 139 Å². The first-order valence-electron chi connectivity index (χ1n) is 7.19. The predicted molar refractivity (Wildman–Crippen MR) is 84.6 cm³/mol. The number of nitrogens with zero attached hydrogens (tertiary/aromatic N) is 1. The summed E-state index contributed by atoms with van der Waals surface area (Å²) >= 11 is 0. The second-order valence-electron chi connectivity index (χ2n) is 4.73. The van der Waals surface area contributed by atoms with Crippen molar-refractivity contribution in [2.45, 2.75) is 12.7 Å². The van der Waals surface area contributed by atoms with Crippen LogP contribution in [0.2, 0.25) is 0 Å². The molecule has 0 fully saturated rings. The summed E-state index contributed by atoms with van der Waals surface area (Å²) in [7, 11) is 4.61. The summed E-state index contributed by atoms with van der Waals surface area (Å²) in [6.45, 7) is 0.197. The Morgan fingerprint density at radius 3 is 2.50 bits per heavy atom. The lowest BCUT2D eigenvalue weighted by atomic mass is 10.2. The topological polar surface area (TPSA) is 64.1 Å². The molecular weight excluding hydrogens is 327 g/mol. The molecule has 1 aromatic carbocycles. The van der Waals surface area contributed by atoms with Gasteiger partial charge in [0.15, 0.2) is 24.1 Å². The van der Waals surface area contributed by atoms with Gasteiger partial charge >= 0.3 is 6.18 Å². The first-order valence-corrected chi connectivity index (χ1v) is 7.19. The van der Waals surface area contributed by atoms with E-state index in [1.165, 1.54) is 13.2 Å². The molecule has 0 bridgehead atoms. The van der Waals surface area contributed by atoms with Crippen LogP contribution in [0.15, 0.2) is 23.2 Å². The number of rotatable bonds is 8. The van der Waals surface area contributed by atoms with E-state index in [9.17, 15) is 13.2 Å². The van der Waals surface area contributed by atoms with Crippen LogP contribution in [0.1, 0.15) is 5.56 Å². The van der Waals surface area contributed by atoms with Gasteiger partial charge in [-0.25, -0.2) is 0 Å². The molecule has 0 aliphatic carbocycles. The molecule has 24 heavy (non-hydrogen) atoms. The Hall–Kier alpha value is -2.16. The van der Waals surface area contributed by atoms with Crippen molar-refractivity contribution >= 4 is 5.96 Å². The Balaban J connectivity index is 2.63. The smallest absolute Gasteiger partial charge is 0.422 e. The van der Waals surface area contributed by atoms with Gasteiger partial charge in [-0.05, 0) is 17.7 Å². The van der Waals surface area contributed by atoms with Gasteiger partial charge in [-0.3, -0.25) is 4.99 Å². The van der Waals surface area contributed by atoms with Crippen LogP contribution in [0.3, 0.4) is 0 Å². The maximum absolute atomic E-state index is 12.2. The van der Waals surface area contributed by atoms with E-state index in [4.69, 9.17) is 14.2 Å². The van der Waals surface area contributed by atoms with Crippen molar-refractivity contribution in [3.05, 3.63) is 23.8 Å². The maximum atomic E-state index is 12.2. The third-order valence-electron chi connectivity index (χ3n) is 2.90. The molecule has 0 saturated heterocycles. The van der Waals surface area contributed by atoms with Crippen molar-refractivity contribution in [3.63, 3.8) is 0 Å². The maximum Gasteiger partial charge on any atom is 0.422 e. The summed E-state index contributed by atoms with van der Waals surface area (Å²) in [6, 6.07) is 4.72. The highest BCUT2D eigenvalue weighted by molar-refractivity contribution is 5.79. The largest absolute Gasteiger partial charge is 0.493 e. The van der Waals surface area contributed by atoms with Crippen LogP contribution in [0.25, 0.3) is 0 Å². The zero-order valence-corrected chi connectivity index (χ0v) is 13.9. The molecule has 0 amide bonds. The van der Waals surface area contributed by atoms with Crippen molar-refractivity contribution in [1.29, 1.82) is 0 Å². The van der Waals surface area contributed by atoms with Crippen LogP contribution in [0.4, 0.5) is 13.2 Å². The van der Waals surface area contributed by atoms with Gasteiger partial charge in [0, 0.05) is 27.2 Å². The summed E-state index contributed by atoms with van der Waals surface area (Å²) in [6.07, 6.45) is -4.40. The number of aliphatic imine (C=N–C) groups is 1. The van der Waals surface area contributed by atoms with E-state index in [1.54, 1.807) is 26.3 Å². The Morgan fingerprint density at radius 1 is 1.17 bits per heavy atom. The van der Waals surface area contributed by atoms with Crippen LogP contribution in [0, 0.1) is 0 Å². The van der Waals surface area contributed by atoms with Gasteiger partial charge in [-0.2, -0.15) is 13.2 Å². The van der Waals surface area contributed by atoms with Crippen molar-refractivity contribution in [2.24, 2.45) is 4.99 Å². The predicted octanol–water partition coefficient (Wildman–Crippen LogP) is 1.95. The summed E-state index contributed by atoms with van der Waals surface area (Å²) in [5, 5.41) is 6.13. The van der Waals surface area contributed by atoms with E-state index in [0.717, 1.165) is 5.56 Å². The molecule has 0 aliphatic heterocycles. The number of hydrogen-bond donors (Lipinski definition) is 2. The van der Waals surface area contributed by atoms with Crippen LogP contribution >= 0.6 is 0 Å². The molecule has 1 rings (SSSR count). The highest BCUT2D eigenvalue weighted by Crippen LogP contribution is 2.29. The number of ether oxygens (including phenoxy) is 3. The standard InChI is InChI=1S/C15H22F3N3O3/c1-19-14(20-6-7-22-2)21-9-11-4-5-12(13(8-11)23-3)24-10-15(16,17)18/h4-5,8H,6-7,9-10H2,1-3H3,(H2,19,20,21). The fraction of sp³-hybridized carbons (Fsp3) is 0.533. The Morgan fingerprint density at radius 2 is 1.92 bits per heavy atom. The fourth-order valence-electron chi connectivity index (χ4n) is 1.78. The van der Waals surface area contributed by atoms with Crippen molar-refractivity contribution in [1.82, 2.24) is 10.6 Å². The molecule has 6 nitrogen and oxygen atoms in total. The van der Waals surface area contributed by atoms with Crippen molar-refractivity contribution in [2.75, 3.05) is 41.0 Å². The third kappa shape index (κ3) is 7.40. The van der Waals surface area contributed by atoms with E-state index in [2.05, 4.69) is 15.6 Å². The molecule has 0 unspecified atom stereocenters. The zero-order valence-electron chi connectivity index (χ0n) is 13.9. The van der Waals surface area contributed by atoms with Crippen LogP contribution in [-0.4, -0.2) is 53.2 Å². The number of alkyl halides is 3.